The fraction of sp³-hybridized carbons (Fsp3) is 0.643. The third-order valence-corrected chi connectivity index (χ3v) is 2.67. The lowest BCUT2D eigenvalue weighted by Gasteiger charge is -2.13. The molecular weight excluding hydrogens is 212 g/mol. The largest absolute Gasteiger partial charge is 0.492 e. The van der Waals surface area contributed by atoms with Crippen molar-refractivity contribution < 1.29 is 4.74 Å². The molecule has 0 aliphatic carbocycles. The number of hydrogen-bond acceptors (Lipinski definition) is 3. The van der Waals surface area contributed by atoms with Gasteiger partial charge in [-0.15, -0.1) is 0 Å². The average Bonchev–Trinajstić information content (AvgIpc) is 2.37. The first-order chi connectivity index (χ1) is 8.27. The van der Waals surface area contributed by atoms with Gasteiger partial charge >= 0.3 is 0 Å². The van der Waals surface area contributed by atoms with Crippen molar-refractivity contribution in [2.24, 2.45) is 0 Å². The van der Waals surface area contributed by atoms with Crippen LogP contribution in [0, 0.1) is 0 Å². The van der Waals surface area contributed by atoms with Crippen molar-refractivity contribution in [1.29, 1.82) is 0 Å². The summed E-state index contributed by atoms with van der Waals surface area (Å²) in [6.07, 6.45) is 5.21. The summed E-state index contributed by atoms with van der Waals surface area (Å²) < 4.78 is 5.58. The number of pyridine rings is 1. The molecule has 17 heavy (non-hydrogen) atoms. The van der Waals surface area contributed by atoms with Crippen molar-refractivity contribution in [1.82, 2.24) is 10.3 Å². The highest BCUT2D eigenvalue weighted by Gasteiger charge is 2.05. The fourth-order valence-electron chi connectivity index (χ4n) is 1.53. The molecule has 0 bridgehead atoms. The molecule has 1 heterocycles. The molecule has 1 rings (SSSR count). The zero-order valence-electron chi connectivity index (χ0n) is 11.2. The van der Waals surface area contributed by atoms with Crippen LogP contribution in [0.1, 0.15) is 51.8 Å². The molecule has 3 nitrogen and oxygen atoms in total. The lowest BCUT2D eigenvalue weighted by atomic mass is 10.2. The average molecular weight is 236 g/mol. The zero-order valence-corrected chi connectivity index (χ0v) is 11.2. The SMILES string of the molecule is CCCCOc1ccc(C(C)NCCC)nc1. The predicted molar refractivity (Wildman–Crippen MR) is 71.3 cm³/mol. The molecule has 0 radical (unpaired) electrons. The predicted octanol–water partition coefficient (Wildman–Crippen LogP) is 3.32. The number of nitrogens with one attached hydrogen (secondary N) is 1. The van der Waals surface area contributed by atoms with Crippen molar-refractivity contribution in [3.05, 3.63) is 24.0 Å². The monoisotopic (exact) mass is 236 g/mol. The summed E-state index contributed by atoms with van der Waals surface area (Å²) in [5, 5.41) is 3.42. The molecule has 96 valence electrons. The highest BCUT2D eigenvalue weighted by molar-refractivity contribution is 5.21. The summed E-state index contributed by atoms with van der Waals surface area (Å²) >= 11 is 0. The van der Waals surface area contributed by atoms with Crippen molar-refractivity contribution in [3.63, 3.8) is 0 Å². The van der Waals surface area contributed by atoms with E-state index in [0.29, 0.717) is 6.04 Å². The Kier molecular flexibility index (Phi) is 6.63. The van der Waals surface area contributed by atoms with Crippen LogP contribution in [-0.4, -0.2) is 18.1 Å². The van der Waals surface area contributed by atoms with Crippen molar-refractivity contribution >= 4 is 0 Å². The second-order valence-corrected chi connectivity index (χ2v) is 4.30. The smallest absolute Gasteiger partial charge is 0.137 e. The summed E-state index contributed by atoms with van der Waals surface area (Å²) in [6.45, 7) is 8.26. The van der Waals surface area contributed by atoms with Crippen LogP contribution in [0.2, 0.25) is 0 Å². The molecule has 0 aliphatic heterocycles. The molecule has 0 saturated carbocycles. The Morgan fingerprint density at radius 1 is 1.29 bits per heavy atom. The van der Waals surface area contributed by atoms with Gasteiger partial charge in [-0.2, -0.15) is 0 Å². The van der Waals surface area contributed by atoms with Gasteiger partial charge in [0.2, 0.25) is 0 Å². The minimum absolute atomic E-state index is 0.305. The first-order valence-electron chi connectivity index (χ1n) is 6.60. The van der Waals surface area contributed by atoms with Gasteiger partial charge in [0, 0.05) is 6.04 Å². The van der Waals surface area contributed by atoms with Crippen LogP contribution in [-0.2, 0) is 0 Å². The van der Waals surface area contributed by atoms with E-state index >= 15 is 0 Å². The standard InChI is InChI=1S/C14H24N2O/c1-4-6-10-17-13-7-8-14(16-11-13)12(3)15-9-5-2/h7-8,11-12,15H,4-6,9-10H2,1-3H3. The third-order valence-electron chi connectivity index (χ3n) is 2.67. The second kappa shape index (κ2) is 8.07. The molecule has 0 saturated heterocycles. The van der Waals surface area contributed by atoms with E-state index in [-0.39, 0.29) is 0 Å². The first-order valence-corrected chi connectivity index (χ1v) is 6.60. The van der Waals surface area contributed by atoms with E-state index in [1.165, 1.54) is 0 Å². The summed E-state index contributed by atoms with van der Waals surface area (Å²) in [6, 6.07) is 4.34. The van der Waals surface area contributed by atoms with Gasteiger partial charge in [-0.25, -0.2) is 0 Å². The lowest BCUT2D eigenvalue weighted by Crippen LogP contribution is -2.20. The van der Waals surface area contributed by atoms with E-state index in [0.717, 1.165) is 43.9 Å². The van der Waals surface area contributed by atoms with Gasteiger partial charge < -0.3 is 10.1 Å². The molecule has 1 aromatic heterocycles. The number of nitrogens with zero attached hydrogens (tertiary/aromatic N) is 1. The Labute approximate surface area is 105 Å². The maximum atomic E-state index is 5.58. The van der Waals surface area contributed by atoms with E-state index < -0.39 is 0 Å². The molecule has 1 unspecified atom stereocenters. The van der Waals surface area contributed by atoms with Crippen molar-refractivity contribution in [2.45, 2.75) is 46.1 Å². The van der Waals surface area contributed by atoms with E-state index in [1.807, 2.05) is 18.3 Å². The van der Waals surface area contributed by atoms with Crippen LogP contribution in [0.5, 0.6) is 5.75 Å². The Morgan fingerprint density at radius 2 is 2.12 bits per heavy atom. The minimum atomic E-state index is 0.305. The molecule has 0 fully saturated rings. The van der Waals surface area contributed by atoms with Crippen LogP contribution >= 0.6 is 0 Å². The Bertz CT molecular complexity index is 298. The van der Waals surface area contributed by atoms with Crippen LogP contribution < -0.4 is 10.1 Å². The molecule has 0 amide bonds. The summed E-state index contributed by atoms with van der Waals surface area (Å²) in [5.41, 5.74) is 1.07. The number of ether oxygens (including phenoxy) is 1. The lowest BCUT2D eigenvalue weighted by molar-refractivity contribution is 0.308. The highest BCUT2D eigenvalue weighted by atomic mass is 16.5. The summed E-state index contributed by atoms with van der Waals surface area (Å²) in [7, 11) is 0. The summed E-state index contributed by atoms with van der Waals surface area (Å²) in [4.78, 5) is 4.42. The second-order valence-electron chi connectivity index (χ2n) is 4.30. The zero-order chi connectivity index (χ0) is 12.5. The number of rotatable bonds is 8. The van der Waals surface area contributed by atoms with Crippen LogP contribution in [0.3, 0.4) is 0 Å². The first kappa shape index (κ1) is 14.0. The van der Waals surface area contributed by atoms with E-state index in [4.69, 9.17) is 4.74 Å². The van der Waals surface area contributed by atoms with E-state index in [2.05, 4.69) is 31.1 Å². The van der Waals surface area contributed by atoms with Gasteiger partial charge in [0.15, 0.2) is 0 Å². The molecule has 1 N–H and O–H groups in total. The van der Waals surface area contributed by atoms with Crippen LogP contribution in [0.4, 0.5) is 0 Å². The van der Waals surface area contributed by atoms with Crippen molar-refractivity contribution in [2.75, 3.05) is 13.2 Å². The molecule has 0 aromatic carbocycles. The Hall–Kier alpha value is -1.09. The quantitative estimate of drug-likeness (QED) is 0.703. The molecule has 1 aromatic rings. The van der Waals surface area contributed by atoms with E-state index in [9.17, 15) is 0 Å². The van der Waals surface area contributed by atoms with Gasteiger partial charge in [0.25, 0.3) is 0 Å². The molecule has 0 spiro atoms. The number of unbranched alkanes of at least 4 members (excludes halogenated alkanes) is 1. The highest BCUT2D eigenvalue weighted by Crippen LogP contribution is 2.14. The number of aromatic nitrogens is 1. The molecule has 0 aliphatic rings. The van der Waals surface area contributed by atoms with Crippen molar-refractivity contribution in [3.8, 4) is 5.75 Å². The fourth-order valence-corrected chi connectivity index (χ4v) is 1.53. The molecule has 1 atom stereocenters. The maximum absolute atomic E-state index is 5.58. The molecular formula is C14H24N2O. The Balaban J connectivity index is 2.43. The minimum Gasteiger partial charge on any atom is -0.492 e. The van der Waals surface area contributed by atoms with Crippen LogP contribution in [0.15, 0.2) is 18.3 Å². The van der Waals surface area contributed by atoms with Crippen LogP contribution in [0.25, 0.3) is 0 Å². The van der Waals surface area contributed by atoms with E-state index in [1.54, 1.807) is 0 Å². The Morgan fingerprint density at radius 3 is 2.71 bits per heavy atom. The maximum Gasteiger partial charge on any atom is 0.137 e. The van der Waals surface area contributed by atoms with Gasteiger partial charge in [-0.1, -0.05) is 20.3 Å². The number of hydrogen-bond donors (Lipinski definition) is 1. The third kappa shape index (κ3) is 5.18. The topological polar surface area (TPSA) is 34.1 Å². The van der Waals surface area contributed by atoms with Gasteiger partial charge in [-0.3, -0.25) is 4.98 Å². The van der Waals surface area contributed by atoms with Gasteiger partial charge in [0.1, 0.15) is 5.75 Å². The van der Waals surface area contributed by atoms with Gasteiger partial charge in [0.05, 0.1) is 18.5 Å². The molecule has 3 heteroatoms. The normalized spacial score (nSPS) is 12.4. The van der Waals surface area contributed by atoms with Gasteiger partial charge in [-0.05, 0) is 38.4 Å². The summed E-state index contributed by atoms with van der Waals surface area (Å²) in [5.74, 6) is 0.866.